The fourth-order valence-corrected chi connectivity index (χ4v) is 3.36. The number of nitrogens with one attached hydrogen (secondary N) is 1. The molecule has 0 aromatic heterocycles. The highest BCUT2D eigenvalue weighted by molar-refractivity contribution is 5.85. The lowest BCUT2D eigenvalue weighted by Gasteiger charge is -2.27. The van der Waals surface area contributed by atoms with Gasteiger partial charge in [0, 0.05) is 12.0 Å². The summed E-state index contributed by atoms with van der Waals surface area (Å²) in [5.41, 5.74) is 7.13. The quantitative estimate of drug-likeness (QED) is 0.894. The largest absolute Gasteiger partial charge is 0.349 e. The van der Waals surface area contributed by atoms with E-state index in [1.165, 1.54) is 10.8 Å². The Hall–Kier alpha value is -1.58. The van der Waals surface area contributed by atoms with Gasteiger partial charge in [-0.15, -0.1) is 12.4 Å². The first kappa shape index (κ1) is 17.8. The van der Waals surface area contributed by atoms with Crippen molar-refractivity contribution in [2.24, 2.45) is 11.7 Å². The van der Waals surface area contributed by atoms with Crippen molar-refractivity contribution in [3.63, 3.8) is 0 Å². The normalized spacial score (nSPS) is 22.2. The van der Waals surface area contributed by atoms with Gasteiger partial charge in [0.15, 0.2) is 0 Å². The molecule has 0 bridgehead atoms. The number of carbonyl (C=O) groups excluding carboxylic acids is 1. The number of nitrogens with two attached hydrogens (primary N) is 1. The Labute approximate surface area is 144 Å². The Kier molecular flexibility index (Phi) is 6.03. The first-order chi connectivity index (χ1) is 10.6. The van der Waals surface area contributed by atoms with Gasteiger partial charge in [0.25, 0.3) is 0 Å². The van der Waals surface area contributed by atoms with Crippen molar-refractivity contribution < 1.29 is 4.79 Å². The van der Waals surface area contributed by atoms with E-state index in [0.29, 0.717) is 0 Å². The van der Waals surface area contributed by atoms with Crippen molar-refractivity contribution in [3.8, 4) is 0 Å². The average molecular weight is 333 g/mol. The summed E-state index contributed by atoms with van der Waals surface area (Å²) in [6, 6.07) is 14.9. The Morgan fingerprint density at radius 2 is 1.91 bits per heavy atom. The Morgan fingerprint density at radius 3 is 2.65 bits per heavy atom. The van der Waals surface area contributed by atoms with Crippen LogP contribution in [0.15, 0.2) is 42.5 Å². The molecule has 0 spiro atoms. The second kappa shape index (κ2) is 7.80. The maximum absolute atomic E-state index is 12.4. The Morgan fingerprint density at radius 1 is 1.17 bits per heavy atom. The molecule has 1 amide bonds. The molecule has 3 atom stereocenters. The summed E-state index contributed by atoms with van der Waals surface area (Å²) in [6.45, 7) is 2.05. The third-order valence-corrected chi connectivity index (χ3v) is 4.72. The maximum atomic E-state index is 12.4. The fourth-order valence-electron chi connectivity index (χ4n) is 3.36. The summed E-state index contributed by atoms with van der Waals surface area (Å²) in [6.07, 6.45) is 3.88. The summed E-state index contributed by atoms with van der Waals surface area (Å²) in [5, 5.41) is 5.59. The Bertz CT molecular complexity index is 673. The van der Waals surface area contributed by atoms with E-state index in [1.54, 1.807) is 0 Å². The molecule has 3 unspecified atom stereocenters. The zero-order valence-corrected chi connectivity index (χ0v) is 14.3. The van der Waals surface area contributed by atoms with Crippen LogP contribution in [0.25, 0.3) is 10.8 Å². The van der Waals surface area contributed by atoms with E-state index >= 15 is 0 Å². The number of benzene rings is 2. The van der Waals surface area contributed by atoms with Gasteiger partial charge in [0.05, 0.1) is 6.04 Å². The van der Waals surface area contributed by atoms with Gasteiger partial charge < -0.3 is 11.1 Å². The van der Waals surface area contributed by atoms with Gasteiger partial charge in [-0.05, 0) is 48.6 Å². The van der Waals surface area contributed by atoms with Gasteiger partial charge in [-0.2, -0.15) is 0 Å². The molecule has 1 fully saturated rings. The molecule has 3 N–H and O–H groups in total. The summed E-state index contributed by atoms with van der Waals surface area (Å²) in [4.78, 5) is 12.4. The number of halogens is 1. The number of carbonyl (C=O) groups is 1. The lowest BCUT2D eigenvalue weighted by atomic mass is 9.85. The zero-order chi connectivity index (χ0) is 15.5. The second-order valence-electron chi connectivity index (χ2n) is 6.46. The van der Waals surface area contributed by atoms with E-state index < -0.39 is 0 Å². The standard InChI is InChI=1S/C19H24N2O.ClH/c1-13(21-19(22)17-7-4-8-18(20)12-17)15-10-9-14-5-2-3-6-16(14)11-15;/h2-3,5-6,9-11,13,17-18H,4,7-8,12,20H2,1H3,(H,21,22);1H. The van der Waals surface area contributed by atoms with Crippen molar-refractivity contribution in [2.75, 3.05) is 0 Å². The van der Waals surface area contributed by atoms with E-state index in [2.05, 4.69) is 35.6 Å². The van der Waals surface area contributed by atoms with Gasteiger partial charge in [-0.25, -0.2) is 0 Å². The molecule has 0 aliphatic heterocycles. The molecule has 3 nitrogen and oxygen atoms in total. The molecular formula is C19H25ClN2O. The Balaban J connectivity index is 0.00000192. The van der Waals surface area contributed by atoms with Gasteiger partial charge in [0.2, 0.25) is 5.91 Å². The van der Waals surface area contributed by atoms with Crippen molar-refractivity contribution in [1.82, 2.24) is 5.32 Å². The molecule has 0 radical (unpaired) electrons. The highest BCUT2D eigenvalue weighted by Gasteiger charge is 2.26. The summed E-state index contributed by atoms with van der Waals surface area (Å²) in [7, 11) is 0. The van der Waals surface area contributed by atoms with Crippen LogP contribution in [0.4, 0.5) is 0 Å². The second-order valence-corrected chi connectivity index (χ2v) is 6.46. The number of amides is 1. The molecule has 1 aliphatic rings. The molecule has 1 saturated carbocycles. The SMILES string of the molecule is CC(NC(=O)C1CCCC(N)C1)c1ccc2ccccc2c1.Cl. The van der Waals surface area contributed by atoms with Gasteiger partial charge >= 0.3 is 0 Å². The van der Waals surface area contributed by atoms with E-state index in [-0.39, 0.29) is 36.3 Å². The first-order valence-corrected chi connectivity index (χ1v) is 8.18. The zero-order valence-electron chi connectivity index (χ0n) is 13.5. The van der Waals surface area contributed by atoms with Gasteiger partial charge in [0.1, 0.15) is 0 Å². The van der Waals surface area contributed by atoms with Crippen LogP contribution in [0.1, 0.15) is 44.2 Å². The molecule has 2 aromatic carbocycles. The first-order valence-electron chi connectivity index (χ1n) is 8.18. The van der Waals surface area contributed by atoms with Crippen LogP contribution < -0.4 is 11.1 Å². The van der Waals surface area contributed by atoms with Crippen LogP contribution in [0.5, 0.6) is 0 Å². The molecule has 23 heavy (non-hydrogen) atoms. The minimum atomic E-state index is 0. The van der Waals surface area contributed by atoms with E-state index in [1.807, 2.05) is 19.1 Å². The summed E-state index contributed by atoms with van der Waals surface area (Å²) >= 11 is 0. The average Bonchev–Trinajstić information content (AvgIpc) is 2.54. The molecular weight excluding hydrogens is 308 g/mol. The van der Waals surface area contributed by atoms with Crippen LogP contribution in [0.2, 0.25) is 0 Å². The monoisotopic (exact) mass is 332 g/mol. The van der Waals surface area contributed by atoms with Crippen LogP contribution in [0, 0.1) is 5.92 Å². The molecule has 4 heteroatoms. The van der Waals surface area contributed by atoms with Crippen molar-refractivity contribution in [3.05, 3.63) is 48.0 Å². The number of fused-ring (bicyclic) bond motifs is 1. The number of hydrogen-bond donors (Lipinski definition) is 2. The van der Waals surface area contributed by atoms with Crippen LogP contribution in [-0.2, 0) is 4.79 Å². The minimum absolute atomic E-state index is 0. The van der Waals surface area contributed by atoms with Gasteiger partial charge in [-0.3, -0.25) is 4.79 Å². The van der Waals surface area contributed by atoms with Crippen LogP contribution in [0.3, 0.4) is 0 Å². The number of rotatable bonds is 3. The van der Waals surface area contributed by atoms with Gasteiger partial charge in [-0.1, -0.05) is 42.8 Å². The van der Waals surface area contributed by atoms with Crippen molar-refractivity contribution in [1.29, 1.82) is 0 Å². The topological polar surface area (TPSA) is 55.1 Å². The van der Waals surface area contributed by atoms with E-state index in [4.69, 9.17) is 5.73 Å². The molecule has 1 aliphatic carbocycles. The van der Waals surface area contributed by atoms with Crippen LogP contribution in [-0.4, -0.2) is 11.9 Å². The molecule has 3 rings (SSSR count). The molecule has 0 heterocycles. The van der Waals surface area contributed by atoms with E-state index in [9.17, 15) is 4.79 Å². The smallest absolute Gasteiger partial charge is 0.223 e. The summed E-state index contributed by atoms with van der Waals surface area (Å²) in [5.74, 6) is 0.225. The third kappa shape index (κ3) is 4.24. The lowest BCUT2D eigenvalue weighted by Crippen LogP contribution is -2.38. The molecule has 0 saturated heterocycles. The third-order valence-electron chi connectivity index (χ3n) is 4.72. The fraction of sp³-hybridized carbons (Fsp3) is 0.421. The predicted octanol–water partition coefficient (Wildman–Crippen LogP) is 3.96. The van der Waals surface area contributed by atoms with Crippen LogP contribution >= 0.6 is 12.4 Å². The van der Waals surface area contributed by atoms with E-state index in [0.717, 1.165) is 31.2 Å². The summed E-state index contributed by atoms with van der Waals surface area (Å²) < 4.78 is 0. The maximum Gasteiger partial charge on any atom is 0.223 e. The lowest BCUT2D eigenvalue weighted by molar-refractivity contribution is -0.126. The van der Waals surface area contributed by atoms with Crippen molar-refractivity contribution >= 4 is 29.1 Å². The predicted molar refractivity (Wildman–Crippen MR) is 97.7 cm³/mol. The minimum Gasteiger partial charge on any atom is -0.349 e. The van der Waals surface area contributed by atoms with Crippen molar-refractivity contribution in [2.45, 2.75) is 44.7 Å². The highest BCUT2D eigenvalue weighted by atomic mass is 35.5. The highest BCUT2D eigenvalue weighted by Crippen LogP contribution is 2.25. The molecule has 124 valence electrons. The number of hydrogen-bond acceptors (Lipinski definition) is 2. The molecule has 2 aromatic rings.